The van der Waals surface area contributed by atoms with Gasteiger partial charge in [-0.2, -0.15) is 0 Å². The van der Waals surface area contributed by atoms with Gasteiger partial charge in [-0.1, -0.05) is 17.7 Å². The zero-order valence-electron chi connectivity index (χ0n) is 7.91. The zero-order valence-corrected chi connectivity index (χ0v) is 9.48. The normalized spacial score (nSPS) is 10.4. The summed E-state index contributed by atoms with van der Waals surface area (Å²) < 4.78 is 13.4. The van der Waals surface area contributed by atoms with Crippen LogP contribution in [0.3, 0.4) is 0 Å². The van der Waals surface area contributed by atoms with Crippen molar-refractivity contribution in [2.24, 2.45) is 0 Å². The van der Waals surface area contributed by atoms with E-state index in [9.17, 15) is 9.18 Å². The molecule has 1 aromatic heterocycles. The monoisotopic (exact) mass is 256 g/mol. The second-order valence-electron chi connectivity index (χ2n) is 3.10. The van der Waals surface area contributed by atoms with E-state index < -0.39 is 17.3 Å². The smallest absolute Gasteiger partial charge is 0.338 e. The largest absolute Gasteiger partial charge is 0.478 e. The van der Waals surface area contributed by atoms with E-state index in [1.54, 1.807) is 0 Å². The first-order valence-electron chi connectivity index (χ1n) is 4.36. The Labute approximate surface area is 99.9 Å². The third kappa shape index (κ3) is 1.94. The molecule has 0 saturated carbocycles. The molecule has 0 bridgehead atoms. The molecular formula is C11H6ClFO2S. The predicted octanol–water partition coefficient (Wildman–Crippen LogP) is 3.91. The van der Waals surface area contributed by atoms with Gasteiger partial charge in [0, 0.05) is 4.88 Å². The van der Waals surface area contributed by atoms with Gasteiger partial charge >= 0.3 is 5.97 Å². The first-order chi connectivity index (χ1) is 7.59. The van der Waals surface area contributed by atoms with Crippen molar-refractivity contribution < 1.29 is 14.3 Å². The molecule has 0 saturated heterocycles. The van der Waals surface area contributed by atoms with Gasteiger partial charge in [-0.15, -0.1) is 11.3 Å². The van der Waals surface area contributed by atoms with Gasteiger partial charge in [0.1, 0.15) is 0 Å². The molecule has 1 heterocycles. The molecule has 82 valence electrons. The van der Waals surface area contributed by atoms with Gasteiger partial charge in [-0.3, -0.25) is 0 Å². The van der Waals surface area contributed by atoms with Crippen LogP contribution in [0, 0.1) is 5.82 Å². The van der Waals surface area contributed by atoms with Crippen LogP contribution >= 0.6 is 22.9 Å². The minimum atomic E-state index is -1.32. The van der Waals surface area contributed by atoms with Crippen LogP contribution in [0.15, 0.2) is 29.6 Å². The fraction of sp³-hybridized carbons (Fsp3) is 0. The van der Waals surface area contributed by atoms with Crippen molar-refractivity contribution >= 4 is 28.9 Å². The van der Waals surface area contributed by atoms with Gasteiger partial charge in [-0.25, -0.2) is 9.18 Å². The highest BCUT2D eigenvalue weighted by Crippen LogP contribution is 2.30. The molecule has 0 fully saturated rings. The highest BCUT2D eigenvalue weighted by molar-refractivity contribution is 7.13. The Hall–Kier alpha value is -1.39. The Bertz CT molecular complexity index is 537. The topological polar surface area (TPSA) is 37.3 Å². The molecule has 0 unspecified atom stereocenters. The fourth-order valence-electron chi connectivity index (χ4n) is 1.33. The Morgan fingerprint density at radius 1 is 1.44 bits per heavy atom. The van der Waals surface area contributed by atoms with Crippen LogP contribution in [-0.4, -0.2) is 11.1 Å². The molecule has 0 aliphatic rings. The third-order valence-electron chi connectivity index (χ3n) is 2.06. The van der Waals surface area contributed by atoms with E-state index in [-0.39, 0.29) is 5.02 Å². The lowest BCUT2D eigenvalue weighted by Crippen LogP contribution is -2.01. The van der Waals surface area contributed by atoms with Crippen molar-refractivity contribution in [1.82, 2.24) is 0 Å². The van der Waals surface area contributed by atoms with Crippen molar-refractivity contribution in [2.45, 2.75) is 0 Å². The van der Waals surface area contributed by atoms with E-state index >= 15 is 0 Å². The van der Waals surface area contributed by atoms with Gasteiger partial charge in [0.2, 0.25) is 0 Å². The number of aromatic carboxylic acids is 1. The molecule has 16 heavy (non-hydrogen) atoms. The van der Waals surface area contributed by atoms with E-state index in [0.29, 0.717) is 5.56 Å². The SMILES string of the molecule is O=C(O)c1cc(-c2cccs2)cc(Cl)c1F. The summed E-state index contributed by atoms with van der Waals surface area (Å²) in [6.45, 7) is 0. The number of carboxylic acid groups (broad SMARTS) is 1. The lowest BCUT2D eigenvalue weighted by Gasteiger charge is -2.04. The van der Waals surface area contributed by atoms with Crippen molar-refractivity contribution in [3.05, 3.63) is 46.0 Å². The standard InChI is InChI=1S/C11H6ClFO2S/c12-8-5-6(9-2-1-3-16-9)4-7(10(8)13)11(14)15/h1-5H,(H,14,15). The Balaban J connectivity index is 2.62. The number of hydrogen-bond acceptors (Lipinski definition) is 2. The number of carbonyl (C=O) groups is 1. The van der Waals surface area contributed by atoms with Crippen molar-refractivity contribution in [2.75, 3.05) is 0 Å². The summed E-state index contributed by atoms with van der Waals surface area (Å²) in [5.41, 5.74) is 0.203. The number of thiophene rings is 1. The van der Waals surface area contributed by atoms with E-state index in [2.05, 4.69) is 0 Å². The van der Waals surface area contributed by atoms with E-state index in [1.165, 1.54) is 23.5 Å². The van der Waals surface area contributed by atoms with Crippen LogP contribution in [0.25, 0.3) is 10.4 Å². The van der Waals surface area contributed by atoms with Crippen LogP contribution in [0.5, 0.6) is 0 Å². The molecule has 5 heteroatoms. The van der Waals surface area contributed by atoms with Gasteiger partial charge in [0.05, 0.1) is 10.6 Å². The first-order valence-corrected chi connectivity index (χ1v) is 5.61. The van der Waals surface area contributed by atoms with Crippen LogP contribution in [0.2, 0.25) is 5.02 Å². The summed E-state index contributed by atoms with van der Waals surface area (Å²) in [6.07, 6.45) is 0. The summed E-state index contributed by atoms with van der Waals surface area (Å²) >= 11 is 7.08. The van der Waals surface area contributed by atoms with Crippen LogP contribution in [0.1, 0.15) is 10.4 Å². The Morgan fingerprint density at radius 3 is 2.75 bits per heavy atom. The lowest BCUT2D eigenvalue weighted by atomic mass is 10.1. The molecule has 1 aromatic carbocycles. The number of carboxylic acids is 1. The van der Waals surface area contributed by atoms with Crippen LogP contribution < -0.4 is 0 Å². The minimum Gasteiger partial charge on any atom is -0.478 e. The Kier molecular flexibility index (Phi) is 2.94. The maximum atomic E-state index is 13.4. The summed E-state index contributed by atoms with van der Waals surface area (Å²) in [4.78, 5) is 11.7. The molecule has 1 N–H and O–H groups in total. The van der Waals surface area contributed by atoms with E-state index in [0.717, 1.165) is 4.88 Å². The molecule has 0 spiro atoms. The fourth-order valence-corrected chi connectivity index (χ4v) is 2.26. The van der Waals surface area contributed by atoms with Gasteiger partial charge in [-0.05, 0) is 29.1 Å². The summed E-state index contributed by atoms with van der Waals surface area (Å²) in [7, 11) is 0. The summed E-state index contributed by atoms with van der Waals surface area (Å²) in [5.74, 6) is -2.22. The molecule has 0 aliphatic heterocycles. The van der Waals surface area contributed by atoms with Crippen molar-refractivity contribution in [3.63, 3.8) is 0 Å². The molecule has 0 aliphatic carbocycles. The molecule has 2 aromatic rings. The van der Waals surface area contributed by atoms with E-state index in [4.69, 9.17) is 16.7 Å². The molecule has 2 nitrogen and oxygen atoms in total. The average Bonchev–Trinajstić information content (AvgIpc) is 2.74. The van der Waals surface area contributed by atoms with Crippen LogP contribution in [0.4, 0.5) is 4.39 Å². The van der Waals surface area contributed by atoms with Crippen LogP contribution in [-0.2, 0) is 0 Å². The average molecular weight is 257 g/mol. The van der Waals surface area contributed by atoms with E-state index in [1.807, 2.05) is 17.5 Å². The van der Waals surface area contributed by atoms with Crippen molar-refractivity contribution in [3.8, 4) is 10.4 Å². The Morgan fingerprint density at radius 2 is 2.19 bits per heavy atom. The van der Waals surface area contributed by atoms with Gasteiger partial charge < -0.3 is 5.11 Å². The summed E-state index contributed by atoms with van der Waals surface area (Å²) in [6, 6.07) is 6.36. The molecule has 0 radical (unpaired) electrons. The number of hydrogen-bond donors (Lipinski definition) is 1. The molecule has 0 atom stereocenters. The highest BCUT2D eigenvalue weighted by atomic mass is 35.5. The second kappa shape index (κ2) is 4.23. The molecule has 2 rings (SSSR count). The molecule has 0 amide bonds. The summed E-state index contributed by atoms with van der Waals surface area (Å²) in [5, 5.41) is 10.5. The number of halogens is 2. The maximum absolute atomic E-state index is 13.4. The van der Waals surface area contributed by atoms with Gasteiger partial charge in [0.25, 0.3) is 0 Å². The third-order valence-corrected chi connectivity index (χ3v) is 3.26. The second-order valence-corrected chi connectivity index (χ2v) is 4.46. The maximum Gasteiger partial charge on any atom is 0.338 e. The quantitative estimate of drug-likeness (QED) is 0.885. The molecular weight excluding hydrogens is 251 g/mol. The number of rotatable bonds is 2. The first kappa shape index (κ1) is 11.1. The van der Waals surface area contributed by atoms with Crippen molar-refractivity contribution in [1.29, 1.82) is 0 Å². The highest BCUT2D eigenvalue weighted by Gasteiger charge is 2.16. The van der Waals surface area contributed by atoms with Gasteiger partial charge in [0.15, 0.2) is 5.82 Å². The zero-order chi connectivity index (χ0) is 11.7. The minimum absolute atomic E-state index is 0.177. The lowest BCUT2D eigenvalue weighted by molar-refractivity contribution is 0.0692. The predicted molar refractivity (Wildman–Crippen MR) is 61.7 cm³/mol. The number of benzene rings is 1.